The third kappa shape index (κ3) is 1.76. The van der Waals surface area contributed by atoms with Crippen molar-refractivity contribution in [3.05, 3.63) is 28.4 Å². The van der Waals surface area contributed by atoms with Crippen LogP contribution in [0.5, 0.6) is 0 Å². The molecule has 0 aliphatic carbocycles. The van der Waals surface area contributed by atoms with Gasteiger partial charge in [-0.1, -0.05) is 0 Å². The number of fused-ring (bicyclic) bond motifs is 1. The smallest absolute Gasteiger partial charge is 0.281 e. The second-order valence-corrected chi connectivity index (χ2v) is 6.73. The molecule has 3 rings (SSSR count). The lowest BCUT2D eigenvalue weighted by Gasteiger charge is -2.05. The Morgan fingerprint density at radius 1 is 1.39 bits per heavy atom. The van der Waals surface area contributed by atoms with Crippen molar-refractivity contribution in [1.29, 1.82) is 0 Å². The minimum Gasteiger partial charge on any atom is -0.381 e. The highest BCUT2D eigenvalue weighted by atomic mass is 32.2. The molecule has 0 fully saturated rings. The Labute approximate surface area is 111 Å². The Kier molecular flexibility index (Phi) is 2.54. The van der Waals surface area contributed by atoms with Crippen LogP contribution in [-0.4, -0.2) is 17.8 Å². The highest BCUT2D eigenvalue weighted by Crippen LogP contribution is 2.25. The first-order valence-corrected chi connectivity index (χ1v) is 8.14. The van der Waals surface area contributed by atoms with Crippen molar-refractivity contribution in [2.45, 2.75) is 5.03 Å². The van der Waals surface area contributed by atoms with Crippen LogP contribution >= 0.6 is 22.7 Å². The van der Waals surface area contributed by atoms with E-state index in [0.29, 0.717) is 10.6 Å². The molecule has 18 heavy (non-hydrogen) atoms. The first kappa shape index (κ1) is 11.5. The van der Waals surface area contributed by atoms with Gasteiger partial charge in [-0.3, -0.25) is 9.12 Å². The largest absolute Gasteiger partial charge is 0.381 e. The second kappa shape index (κ2) is 3.97. The molecule has 0 saturated heterocycles. The Bertz CT molecular complexity index is 785. The van der Waals surface area contributed by atoms with Crippen LogP contribution in [0.4, 0.5) is 11.5 Å². The lowest BCUT2D eigenvalue weighted by atomic mass is 10.6. The maximum absolute atomic E-state index is 12.3. The fraction of sp³-hybridized carbons (Fsp3) is 0. The summed E-state index contributed by atoms with van der Waals surface area (Å²) in [6, 6.07) is 1.68. The van der Waals surface area contributed by atoms with E-state index in [1.807, 2.05) is 0 Å². The van der Waals surface area contributed by atoms with Crippen LogP contribution in [0, 0.1) is 0 Å². The van der Waals surface area contributed by atoms with Gasteiger partial charge in [0.25, 0.3) is 10.0 Å². The third-order valence-corrected chi connectivity index (χ3v) is 5.13. The van der Waals surface area contributed by atoms with Gasteiger partial charge in [0.1, 0.15) is 0 Å². The monoisotopic (exact) mass is 300 g/mol. The molecule has 0 aromatic carbocycles. The number of nitrogen functional groups attached to an aromatic ring is 1. The number of imidazole rings is 1. The van der Waals surface area contributed by atoms with Gasteiger partial charge < -0.3 is 5.73 Å². The standard InChI is InChI=1S/C9H8N4O2S3/c10-7-8(13-2-4-17-9(13)11-7)18(14,15)12-6-1-3-16-5-6/h1-5,12H,10H2. The van der Waals surface area contributed by atoms with Gasteiger partial charge in [-0.2, -0.15) is 19.8 Å². The van der Waals surface area contributed by atoms with Crippen LogP contribution in [-0.2, 0) is 10.0 Å². The molecule has 9 heteroatoms. The molecular formula is C9H8N4O2S3. The number of aromatic nitrogens is 2. The summed E-state index contributed by atoms with van der Waals surface area (Å²) in [7, 11) is -3.73. The third-order valence-electron chi connectivity index (χ3n) is 2.27. The number of thiophene rings is 1. The molecule has 6 nitrogen and oxygen atoms in total. The van der Waals surface area contributed by atoms with Gasteiger partial charge in [0.15, 0.2) is 10.8 Å². The van der Waals surface area contributed by atoms with Crippen LogP contribution in [0.25, 0.3) is 4.96 Å². The van der Waals surface area contributed by atoms with Crippen LogP contribution in [0.15, 0.2) is 33.4 Å². The van der Waals surface area contributed by atoms with Gasteiger partial charge in [0.2, 0.25) is 5.03 Å². The normalized spacial score (nSPS) is 12.0. The van der Waals surface area contributed by atoms with Crippen LogP contribution in [0.1, 0.15) is 0 Å². The molecule has 3 aromatic heterocycles. The molecule has 0 aliphatic rings. The van der Waals surface area contributed by atoms with Crippen molar-refractivity contribution in [2.24, 2.45) is 0 Å². The molecule has 0 atom stereocenters. The van der Waals surface area contributed by atoms with E-state index in [0.717, 1.165) is 0 Å². The lowest BCUT2D eigenvalue weighted by Crippen LogP contribution is -2.15. The van der Waals surface area contributed by atoms with Crippen molar-refractivity contribution in [3.63, 3.8) is 0 Å². The summed E-state index contributed by atoms with van der Waals surface area (Å²) in [6.45, 7) is 0. The van der Waals surface area contributed by atoms with Crippen molar-refractivity contribution < 1.29 is 8.42 Å². The SMILES string of the molecule is Nc1nc2sccn2c1S(=O)(=O)Nc1ccsc1. The summed E-state index contributed by atoms with van der Waals surface area (Å²) in [5.74, 6) is 0.00424. The zero-order chi connectivity index (χ0) is 12.8. The van der Waals surface area contributed by atoms with E-state index in [2.05, 4.69) is 9.71 Å². The number of anilines is 2. The van der Waals surface area contributed by atoms with Crippen LogP contribution in [0.2, 0.25) is 0 Å². The average molecular weight is 300 g/mol. The van der Waals surface area contributed by atoms with Gasteiger partial charge in [-0.15, -0.1) is 11.3 Å². The van der Waals surface area contributed by atoms with Crippen LogP contribution < -0.4 is 10.5 Å². The Morgan fingerprint density at radius 2 is 2.22 bits per heavy atom. The van der Waals surface area contributed by atoms with Crippen LogP contribution in [0.3, 0.4) is 0 Å². The minimum absolute atomic E-state index is 0.00424. The maximum Gasteiger partial charge on any atom is 0.281 e. The Balaban J connectivity index is 2.13. The van der Waals surface area contributed by atoms with Gasteiger partial charge in [-0.25, -0.2) is 4.98 Å². The van der Waals surface area contributed by atoms with E-state index >= 15 is 0 Å². The summed E-state index contributed by atoms with van der Waals surface area (Å²) in [5.41, 5.74) is 6.19. The second-order valence-electron chi connectivity index (χ2n) is 3.48. The van der Waals surface area contributed by atoms with Gasteiger partial charge in [0.05, 0.1) is 5.69 Å². The molecular weight excluding hydrogens is 292 g/mol. The predicted molar refractivity (Wildman–Crippen MR) is 72.6 cm³/mol. The molecule has 0 amide bonds. The average Bonchev–Trinajstić information content (AvgIpc) is 2.92. The predicted octanol–water partition coefficient (Wildman–Crippen LogP) is 1.84. The van der Waals surface area contributed by atoms with Crippen molar-refractivity contribution in [2.75, 3.05) is 10.5 Å². The Hall–Kier alpha value is -1.58. The van der Waals surface area contributed by atoms with E-state index in [9.17, 15) is 8.42 Å². The van der Waals surface area contributed by atoms with Crippen molar-refractivity contribution in [3.8, 4) is 0 Å². The van der Waals surface area contributed by atoms with E-state index < -0.39 is 10.0 Å². The van der Waals surface area contributed by atoms with Gasteiger partial charge in [-0.05, 0) is 11.4 Å². The molecule has 0 aliphatic heterocycles. The quantitative estimate of drug-likeness (QED) is 0.772. The number of nitrogens with two attached hydrogens (primary N) is 1. The zero-order valence-corrected chi connectivity index (χ0v) is 11.3. The highest BCUT2D eigenvalue weighted by molar-refractivity contribution is 7.92. The summed E-state index contributed by atoms with van der Waals surface area (Å²) in [4.78, 5) is 4.57. The lowest BCUT2D eigenvalue weighted by molar-refractivity contribution is 0.597. The molecule has 0 spiro atoms. The van der Waals surface area contributed by atoms with Crippen molar-refractivity contribution >= 4 is 49.2 Å². The first-order valence-electron chi connectivity index (χ1n) is 4.84. The number of sulfonamides is 1. The van der Waals surface area contributed by atoms with Gasteiger partial charge in [0, 0.05) is 17.0 Å². The molecule has 3 aromatic rings. The fourth-order valence-electron chi connectivity index (χ4n) is 1.57. The fourth-order valence-corrected chi connectivity index (χ4v) is 4.28. The summed E-state index contributed by atoms with van der Waals surface area (Å²) in [6.07, 6.45) is 1.63. The molecule has 94 valence electrons. The number of hydrogen-bond donors (Lipinski definition) is 2. The minimum atomic E-state index is -3.73. The van der Waals surface area contributed by atoms with E-state index in [1.54, 1.807) is 28.4 Å². The summed E-state index contributed by atoms with van der Waals surface area (Å²) < 4.78 is 28.4. The Morgan fingerprint density at radius 3 is 2.94 bits per heavy atom. The summed E-state index contributed by atoms with van der Waals surface area (Å²) >= 11 is 2.74. The number of thiazole rings is 1. The number of nitrogens with zero attached hydrogens (tertiary/aromatic N) is 2. The first-order chi connectivity index (χ1) is 8.58. The van der Waals surface area contributed by atoms with Crippen molar-refractivity contribution in [1.82, 2.24) is 9.38 Å². The van der Waals surface area contributed by atoms with E-state index in [-0.39, 0.29) is 10.8 Å². The zero-order valence-electron chi connectivity index (χ0n) is 8.90. The number of hydrogen-bond acceptors (Lipinski definition) is 6. The topological polar surface area (TPSA) is 89.5 Å². The molecule has 0 radical (unpaired) electrons. The molecule has 3 heterocycles. The van der Waals surface area contributed by atoms with Gasteiger partial charge >= 0.3 is 0 Å². The molecule has 0 bridgehead atoms. The van der Waals surface area contributed by atoms with E-state index in [1.165, 1.54) is 27.1 Å². The summed E-state index contributed by atoms with van der Waals surface area (Å²) in [5, 5.41) is 5.23. The molecule has 0 saturated carbocycles. The maximum atomic E-state index is 12.3. The molecule has 3 N–H and O–H groups in total. The number of rotatable bonds is 3. The highest BCUT2D eigenvalue weighted by Gasteiger charge is 2.24. The number of nitrogens with one attached hydrogen (secondary N) is 1. The molecule has 0 unspecified atom stereocenters. The van der Waals surface area contributed by atoms with E-state index in [4.69, 9.17) is 5.73 Å².